The minimum atomic E-state index is -0.173. The predicted molar refractivity (Wildman–Crippen MR) is 97.9 cm³/mol. The Balaban J connectivity index is 1.78. The zero-order valence-corrected chi connectivity index (χ0v) is 14.5. The molecule has 0 aliphatic heterocycles. The Morgan fingerprint density at radius 2 is 1.80 bits per heavy atom. The van der Waals surface area contributed by atoms with E-state index in [2.05, 4.69) is 25.9 Å². The minimum absolute atomic E-state index is 0.148. The molecule has 0 fully saturated rings. The normalized spacial score (nSPS) is 10.0. The van der Waals surface area contributed by atoms with Crippen LogP contribution in [0, 0.1) is 0 Å². The molecule has 132 valence electrons. The summed E-state index contributed by atoms with van der Waals surface area (Å²) in [6.07, 6.45) is 1.49. The lowest BCUT2D eigenvalue weighted by Gasteiger charge is -2.12. The van der Waals surface area contributed by atoms with E-state index in [1.54, 1.807) is 24.3 Å². The summed E-state index contributed by atoms with van der Waals surface area (Å²) in [6, 6.07) is 8.56. The third kappa shape index (κ3) is 5.76. The molecule has 0 bridgehead atoms. The van der Waals surface area contributed by atoms with Gasteiger partial charge in [0.1, 0.15) is 18.0 Å². The van der Waals surface area contributed by atoms with Crippen molar-refractivity contribution in [3.63, 3.8) is 0 Å². The van der Waals surface area contributed by atoms with E-state index in [0.29, 0.717) is 30.2 Å². The van der Waals surface area contributed by atoms with Gasteiger partial charge in [-0.2, -0.15) is 0 Å². The summed E-state index contributed by atoms with van der Waals surface area (Å²) in [6.45, 7) is 2.43. The van der Waals surface area contributed by atoms with E-state index in [-0.39, 0.29) is 11.8 Å². The number of anilines is 3. The van der Waals surface area contributed by atoms with Crippen molar-refractivity contribution in [2.24, 2.45) is 0 Å². The van der Waals surface area contributed by atoms with Crippen LogP contribution in [0.3, 0.4) is 0 Å². The zero-order valence-electron chi connectivity index (χ0n) is 14.5. The molecule has 8 heteroatoms. The van der Waals surface area contributed by atoms with Crippen LogP contribution in [0.4, 0.5) is 17.3 Å². The molecule has 1 aromatic heterocycles. The summed E-state index contributed by atoms with van der Waals surface area (Å²) < 4.78 is 0. The van der Waals surface area contributed by atoms with Gasteiger partial charge in [0.2, 0.25) is 5.91 Å². The van der Waals surface area contributed by atoms with Crippen molar-refractivity contribution in [2.45, 2.75) is 6.92 Å². The van der Waals surface area contributed by atoms with Crippen molar-refractivity contribution in [2.75, 3.05) is 42.7 Å². The summed E-state index contributed by atoms with van der Waals surface area (Å²) in [5.41, 5.74) is 1.19. The van der Waals surface area contributed by atoms with E-state index in [4.69, 9.17) is 0 Å². The molecule has 0 saturated heterocycles. The summed E-state index contributed by atoms with van der Waals surface area (Å²) in [4.78, 5) is 33.2. The van der Waals surface area contributed by atoms with Gasteiger partial charge in [-0.25, -0.2) is 9.97 Å². The SMILES string of the molecule is CC(=O)Nc1ccc(C(=O)NCCNc2cc(N(C)C)ncn2)cc1. The third-order valence-electron chi connectivity index (χ3n) is 3.29. The number of nitrogens with one attached hydrogen (secondary N) is 3. The van der Waals surface area contributed by atoms with E-state index in [0.717, 1.165) is 5.82 Å². The maximum atomic E-state index is 12.1. The second-order valence-electron chi connectivity index (χ2n) is 5.60. The number of nitrogens with zero attached hydrogens (tertiary/aromatic N) is 3. The molecule has 0 radical (unpaired) electrons. The van der Waals surface area contributed by atoms with Crippen LogP contribution >= 0.6 is 0 Å². The molecule has 0 aliphatic rings. The van der Waals surface area contributed by atoms with Crippen molar-refractivity contribution in [1.82, 2.24) is 15.3 Å². The highest BCUT2D eigenvalue weighted by atomic mass is 16.2. The van der Waals surface area contributed by atoms with Crippen LogP contribution in [-0.4, -0.2) is 49.0 Å². The average molecular weight is 342 g/mol. The number of carbonyl (C=O) groups is 2. The van der Waals surface area contributed by atoms with Crippen LogP contribution in [0.25, 0.3) is 0 Å². The Morgan fingerprint density at radius 1 is 1.08 bits per heavy atom. The number of amides is 2. The standard InChI is InChI=1S/C17H22N6O2/c1-12(24)22-14-6-4-13(5-7-14)17(25)19-9-8-18-15-10-16(23(2)3)21-11-20-15/h4-7,10-11H,8-9H2,1-3H3,(H,19,25)(H,22,24)(H,18,20,21). The van der Waals surface area contributed by atoms with E-state index in [1.165, 1.54) is 13.3 Å². The number of benzene rings is 1. The molecule has 1 heterocycles. The fraction of sp³-hybridized carbons (Fsp3) is 0.294. The molecule has 2 amide bonds. The van der Waals surface area contributed by atoms with Crippen LogP contribution in [0.15, 0.2) is 36.7 Å². The second-order valence-corrected chi connectivity index (χ2v) is 5.60. The van der Waals surface area contributed by atoms with Gasteiger partial charge >= 0.3 is 0 Å². The molecule has 3 N–H and O–H groups in total. The largest absolute Gasteiger partial charge is 0.368 e. The molecule has 25 heavy (non-hydrogen) atoms. The first-order chi connectivity index (χ1) is 12.0. The van der Waals surface area contributed by atoms with Crippen molar-refractivity contribution < 1.29 is 9.59 Å². The summed E-state index contributed by atoms with van der Waals surface area (Å²) >= 11 is 0. The van der Waals surface area contributed by atoms with Crippen LogP contribution in [0.1, 0.15) is 17.3 Å². The molecule has 2 rings (SSSR count). The van der Waals surface area contributed by atoms with E-state index < -0.39 is 0 Å². The molecule has 0 atom stereocenters. The lowest BCUT2D eigenvalue weighted by molar-refractivity contribution is -0.114. The van der Waals surface area contributed by atoms with E-state index in [1.807, 2.05) is 25.1 Å². The number of aromatic nitrogens is 2. The molecule has 1 aromatic carbocycles. The average Bonchev–Trinajstić information content (AvgIpc) is 2.59. The summed E-state index contributed by atoms with van der Waals surface area (Å²) in [7, 11) is 3.81. The Morgan fingerprint density at radius 3 is 2.44 bits per heavy atom. The van der Waals surface area contributed by atoms with Gasteiger partial charge in [0.15, 0.2) is 0 Å². The first kappa shape index (κ1) is 18.2. The van der Waals surface area contributed by atoms with Crippen molar-refractivity contribution in [3.8, 4) is 0 Å². The molecular formula is C17H22N6O2. The number of rotatable bonds is 7. The van der Waals surface area contributed by atoms with Crippen molar-refractivity contribution in [1.29, 1.82) is 0 Å². The third-order valence-corrected chi connectivity index (χ3v) is 3.29. The van der Waals surface area contributed by atoms with E-state index in [9.17, 15) is 9.59 Å². The highest BCUT2D eigenvalue weighted by Crippen LogP contribution is 2.11. The number of hydrogen-bond acceptors (Lipinski definition) is 6. The quantitative estimate of drug-likeness (QED) is 0.657. The highest BCUT2D eigenvalue weighted by Gasteiger charge is 2.05. The van der Waals surface area contributed by atoms with Crippen molar-refractivity contribution >= 4 is 29.1 Å². The van der Waals surface area contributed by atoms with Crippen LogP contribution in [0.5, 0.6) is 0 Å². The Labute approximate surface area is 146 Å². The van der Waals surface area contributed by atoms with Gasteiger partial charge in [0, 0.05) is 51.4 Å². The second kappa shape index (κ2) is 8.62. The van der Waals surface area contributed by atoms with Gasteiger partial charge in [-0.05, 0) is 24.3 Å². The van der Waals surface area contributed by atoms with Gasteiger partial charge in [-0.1, -0.05) is 0 Å². The summed E-state index contributed by atoms with van der Waals surface area (Å²) in [5.74, 6) is 1.19. The molecular weight excluding hydrogens is 320 g/mol. The topological polar surface area (TPSA) is 99.2 Å². The lowest BCUT2D eigenvalue weighted by Crippen LogP contribution is -2.29. The van der Waals surface area contributed by atoms with Gasteiger partial charge in [-0.3, -0.25) is 9.59 Å². The minimum Gasteiger partial charge on any atom is -0.368 e. The molecule has 0 aliphatic carbocycles. The number of carbonyl (C=O) groups excluding carboxylic acids is 2. The smallest absolute Gasteiger partial charge is 0.251 e. The number of hydrogen-bond donors (Lipinski definition) is 3. The molecule has 0 unspecified atom stereocenters. The Bertz CT molecular complexity index is 730. The zero-order chi connectivity index (χ0) is 18.2. The fourth-order valence-corrected chi connectivity index (χ4v) is 2.07. The molecule has 2 aromatic rings. The first-order valence-electron chi connectivity index (χ1n) is 7.85. The maximum Gasteiger partial charge on any atom is 0.251 e. The van der Waals surface area contributed by atoms with Gasteiger partial charge in [0.25, 0.3) is 5.91 Å². The predicted octanol–water partition coefficient (Wildman–Crippen LogP) is 1.34. The summed E-state index contributed by atoms with van der Waals surface area (Å²) in [5, 5.41) is 8.62. The van der Waals surface area contributed by atoms with Gasteiger partial charge in [0.05, 0.1) is 0 Å². The van der Waals surface area contributed by atoms with Gasteiger partial charge < -0.3 is 20.9 Å². The fourth-order valence-electron chi connectivity index (χ4n) is 2.07. The lowest BCUT2D eigenvalue weighted by atomic mass is 10.2. The Hall–Kier alpha value is -3.16. The van der Waals surface area contributed by atoms with E-state index >= 15 is 0 Å². The Kier molecular flexibility index (Phi) is 6.27. The monoisotopic (exact) mass is 342 g/mol. The van der Waals surface area contributed by atoms with Gasteiger partial charge in [-0.15, -0.1) is 0 Å². The molecule has 0 saturated carbocycles. The van der Waals surface area contributed by atoms with Crippen LogP contribution < -0.4 is 20.9 Å². The molecule has 0 spiro atoms. The molecule has 8 nitrogen and oxygen atoms in total. The van der Waals surface area contributed by atoms with Crippen molar-refractivity contribution in [3.05, 3.63) is 42.2 Å². The highest BCUT2D eigenvalue weighted by molar-refractivity contribution is 5.95. The van der Waals surface area contributed by atoms with Crippen LogP contribution in [0.2, 0.25) is 0 Å². The maximum absolute atomic E-state index is 12.1. The first-order valence-corrected chi connectivity index (χ1v) is 7.85. The van der Waals surface area contributed by atoms with Crippen LogP contribution in [-0.2, 0) is 4.79 Å².